The van der Waals surface area contributed by atoms with Gasteiger partial charge < -0.3 is 41.0 Å². The van der Waals surface area contributed by atoms with Crippen molar-refractivity contribution in [2.24, 2.45) is 7.05 Å². The van der Waals surface area contributed by atoms with E-state index in [0.29, 0.717) is 0 Å². The molecule has 0 N–H and O–H groups in total. The minimum atomic E-state index is 0. The molecule has 2 nitrogen and oxygen atoms in total. The van der Waals surface area contributed by atoms with Gasteiger partial charge in [-0.15, -0.1) is 0 Å². The summed E-state index contributed by atoms with van der Waals surface area (Å²) < 4.78 is 4.51. The molecule has 0 saturated carbocycles. The Kier molecular flexibility index (Phi) is 16.9. The number of halogens is 2. The summed E-state index contributed by atoms with van der Waals surface area (Å²) in [6, 6.07) is 6.65. The van der Waals surface area contributed by atoms with E-state index in [0.717, 1.165) is 0 Å². The molecule has 0 atom stereocenters. The minimum absolute atomic E-state index is 0. The van der Waals surface area contributed by atoms with Crippen LogP contribution in [0.15, 0.2) is 43.0 Å². The molecule has 2 heterocycles. The van der Waals surface area contributed by atoms with E-state index in [4.69, 9.17) is 0 Å². The summed E-state index contributed by atoms with van der Waals surface area (Å²) in [5.74, 6) is 0. The first-order chi connectivity index (χ1) is 13.1. The summed E-state index contributed by atoms with van der Waals surface area (Å²) in [5.41, 5.74) is 4.21. The smallest absolute Gasteiger partial charge is 0.171 e. The molecule has 0 radical (unpaired) electrons. The van der Waals surface area contributed by atoms with Crippen LogP contribution in [0.1, 0.15) is 80.9 Å². The highest BCUT2D eigenvalue weighted by Crippen LogP contribution is 2.12. The average molecular weight is 575 g/mol. The Bertz CT molecular complexity index is 655. The lowest BCUT2D eigenvalue weighted by molar-refractivity contribution is -0.698. The van der Waals surface area contributed by atoms with Crippen molar-refractivity contribution in [2.75, 3.05) is 0 Å². The van der Waals surface area contributed by atoms with Crippen molar-refractivity contribution in [3.63, 3.8) is 0 Å². The number of hydrogen-bond acceptors (Lipinski definition) is 0. The highest BCUT2D eigenvalue weighted by Gasteiger charge is 2.03. The fourth-order valence-electron chi connectivity index (χ4n) is 3.96. The fourth-order valence-corrected chi connectivity index (χ4v) is 3.96. The second-order valence-electron chi connectivity index (χ2n) is 8.29. The first-order valence-corrected chi connectivity index (χ1v) is 11.0. The van der Waals surface area contributed by atoms with Gasteiger partial charge in [0, 0.05) is 29.2 Å². The molecule has 0 amide bonds. The van der Waals surface area contributed by atoms with E-state index >= 15 is 0 Å². The molecule has 0 aliphatic heterocycles. The Morgan fingerprint density at radius 2 is 1.24 bits per heavy atom. The Hall–Kier alpha value is -0.490. The number of nitrogens with zero attached hydrogens (tertiary/aromatic N) is 2. The maximum absolute atomic E-state index is 2.36. The topological polar surface area (TPSA) is 7.76 Å². The van der Waals surface area contributed by atoms with Crippen LogP contribution in [0.5, 0.6) is 0 Å². The summed E-state index contributed by atoms with van der Waals surface area (Å²) in [6.07, 6.45) is 24.0. The largest absolute Gasteiger partial charge is 1.00 e. The lowest BCUT2D eigenvalue weighted by atomic mass is 10.0. The normalized spacial score (nSPS) is 10.3. The van der Waals surface area contributed by atoms with Gasteiger partial charge in [0.05, 0.1) is 0 Å². The van der Waals surface area contributed by atoms with E-state index in [1.54, 1.807) is 0 Å². The second-order valence-corrected chi connectivity index (χ2v) is 8.29. The van der Waals surface area contributed by atoms with Crippen molar-refractivity contribution in [3.05, 3.63) is 59.7 Å². The predicted molar refractivity (Wildman–Crippen MR) is 114 cm³/mol. The molecule has 164 valence electrons. The van der Waals surface area contributed by atoms with E-state index in [1.165, 1.54) is 93.9 Å². The van der Waals surface area contributed by atoms with E-state index in [9.17, 15) is 0 Å². The van der Waals surface area contributed by atoms with Crippen LogP contribution in [0.3, 0.4) is 0 Å². The number of unbranched alkanes of at least 4 members (excludes halogenated alkanes) is 9. The zero-order chi connectivity index (χ0) is 19.3. The lowest BCUT2D eigenvalue weighted by Crippen LogP contribution is -3.00. The quantitative estimate of drug-likeness (QED) is 0.174. The number of aromatic nitrogens is 2. The molecule has 0 aromatic carbocycles. The van der Waals surface area contributed by atoms with Gasteiger partial charge in [-0.3, -0.25) is 0 Å². The molecule has 0 spiro atoms. The summed E-state index contributed by atoms with van der Waals surface area (Å²) in [5, 5.41) is 0. The van der Waals surface area contributed by atoms with Gasteiger partial charge in [0.2, 0.25) is 0 Å². The summed E-state index contributed by atoms with van der Waals surface area (Å²) in [7, 11) is 2.10. The van der Waals surface area contributed by atoms with Crippen molar-refractivity contribution in [2.45, 2.75) is 91.0 Å². The van der Waals surface area contributed by atoms with Crippen LogP contribution in [0.2, 0.25) is 0 Å². The first kappa shape index (κ1) is 28.5. The van der Waals surface area contributed by atoms with E-state index < -0.39 is 0 Å². The van der Waals surface area contributed by atoms with Crippen molar-refractivity contribution >= 4 is 0 Å². The standard InChI is InChI=1S/C25H40N2.BrH.HI/c1-23-19-24(2)21-27(20-23)18-13-11-9-7-5-4-6-8-10-12-15-25-16-14-17-26(3)22-25;;/h14,16-17,19-22H,4-13,15,18H2,1-3H3;2*1H/q+2;;/p-2. The molecule has 2 rings (SSSR count). The maximum atomic E-state index is 2.36. The van der Waals surface area contributed by atoms with E-state index in [-0.39, 0.29) is 41.0 Å². The third kappa shape index (κ3) is 13.4. The zero-order valence-electron chi connectivity index (χ0n) is 18.7. The third-order valence-electron chi connectivity index (χ3n) is 5.33. The van der Waals surface area contributed by atoms with Crippen molar-refractivity contribution in [1.29, 1.82) is 0 Å². The number of hydrogen-bond donors (Lipinski definition) is 0. The molecule has 4 heteroatoms. The Morgan fingerprint density at radius 3 is 1.79 bits per heavy atom. The lowest BCUT2D eigenvalue weighted by Gasteiger charge is -2.03. The number of pyridine rings is 2. The molecular formula is C25H40BrIN2. The second kappa shape index (κ2) is 17.2. The minimum Gasteiger partial charge on any atom is -1.00 e. The maximum Gasteiger partial charge on any atom is 0.171 e. The molecular weight excluding hydrogens is 535 g/mol. The Labute approximate surface area is 206 Å². The van der Waals surface area contributed by atoms with Gasteiger partial charge in [0.15, 0.2) is 24.8 Å². The molecule has 0 unspecified atom stereocenters. The van der Waals surface area contributed by atoms with Crippen LogP contribution in [0.25, 0.3) is 0 Å². The monoisotopic (exact) mass is 574 g/mol. The van der Waals surface area contributed by atoms with E-state index in [1.807, 2.05) is 0 Å². The third-order valence-corrected chi connectivity index (χ3v) is 5.33. The zero-order valence-corrected chi connectivity index (χ0v) is 22.4. The average Bonchev–Trinajstić information content (AvgIpc) is 2.62. The molecule has 0 saturated heterocycles. The van der Waals surface area contributed by atoms with Crippen LogP contribution in [-0.2, 0) is 20.0 Å². The highest BCUT2D eigenvalue weighted by molar-refractivity contribution is 5.11. The predicted octanol–water partition coefficient (Wildman–Crippen LogP) is -0.433. The molecule has 0 fully saturated rings. The van der Waals surface area contributed by atoms with Crippen LogP contribution in [-0.4, -0.2) is 0 Å². The van der Waals surface area contributed by atoms with Crippen LogP contribution in [0, 0.1) is 13.8 Å². The van der Waals surface area contributed by atoms with Gasteiger partial charge in [0.25, 0.3) is 0 Å². The molecule has 2 aromatic rings. The van der Waals surface area contributed by atoms with Crippen molar-refractivity contribution in [3.8, 4) is 0 Å². The summed E-state index contributed by atoms with van der Waals surface area (Å²) in [6.45, 7) is 5.54. The van der Waals surface area contributed by atoms with Gasteiger partial charge in [0.1, 0.15) is 13.6 Å². The van der Waals surface area contributed by atoms with Crippen molar-refractivity contribution < 1.29 is 50.1 Å². The molecule has 0 aliphatic rings. The van der Waals surface area contributed by atoms with E-state index in [2.05, 4.69) is 73.0 Å². The molecule has 0 aliphatic carbocycles. The number of rotatable bonds is 13. The Morgan fingerprint density at radius 1 is 0.724 bits per heavy atom. The highest BCUT2D eigenvalue weighted by atomic mass is 127. The molecule has 2 aromatic heterocycles. The fraction of sp³-hybridized carbons (Fsp3) is 0.600. The molecule has 29 heavy (non-hydrogen) atoms. The van der Waals surface area contributed by atoms with Crippen LogP contribution in [0.4, 0.5) is 0 Å². The van der Waals surface area contributed by atoms with Gasteiger partial charge in [-0.1, -0.05) is 44.9 Å². The van der Waals surface area contributed by atoms with Crippen molar-refractivity contribution in [1.82, 2.24) is 0 Å². The first-order valence-electron chi connectivity index (χ1n) is 11.0. The summed E-state index contributed by atoms with van der Waals surface area (Å²) >= 11 is 0. The van der Waals surface area contributed by atoms with Gasteiger partial charge in [-0.05, 0) is 45.2 Å². The van der Waals surface area contributed by atoms with Crippen LogP contribution < -0.4 is 50.1 Å². The number of aryl methyl sites for hydroxylation is 5. The Balaban J connectivity index is 0.00000392. The van der Waals surface area contributed by atoms with Gasteiger partial charge in [-0.25, -0.2) is 9.13 Å². The van der Waals surface area contributed by atoms with Crippen LogP contribution >= 0.6 is 0 Å². The molecule has 0 bridgehead atoms. The van der Waals surface area contributed by atoms with Gasteiger partial charge in [-0.2, -0.15) is 0 Å². The summed E-state index contributed by atoms with van der Waals surface area (Å²) in [4.78, 5) is 0. The SMILES string of the molecule is Cc1cc(C)c[n+](CCCCCCCCCCCCc2ccc[n+](C)c2)c1.[Br-].[I-]. The van der Waals surface area contributed by atoms with Gasteiger partial charge >= 0.3 is 0 Å².